The fourth-order valence-corrected chi connectivity index (χ4v) is 6.97. The first-order valence-corrected chi connectivity index (χ1v) is 15.6. The van der Waals surface area contributed by atoms with Crippen molar-refractivity contribution >= 4 is 21.9 Å². The Kier molecular flexibility index (Phi) is 5.81. The maximum atomic E-state index is 6.54. The molecule has 0 amide bonds. The average molecular weight is 592 g/mol. The van der Waals surface area contributed by atoms with Crippen LogP contribution in [-0.4, -0.2) is 15.0 Å². The quantitative estimate of drug-likeness (QED) is 0.204. The van der Waals surface area contributed by atoms with E-state index >= 15 is 0 Å². The molecule has 0 N–H and O–H groups in total. The maximum Gasteiger partial charge on any atom is 0.164 e. The van der Waals surface area contributed by atoms with Crippen LogP contribution < -0.4 is 0 Å². The van der Waals surface area contributed by atoms with Gasteiger partial charge in [-0.05, 0) is 46.0 Å². The maximum absolute atomic E-state index is 6.54. The minimum absolute atomic E-state index is 0.134. The molecule has 2 heterocycles. The standard InChI is InChI=1S/C42H29N3O/c1-42(2)34-22-20-29(25-33(34)37-35(42)23-21-32-31-18-9-10-19-36(31)46-38(32)37)28-16-11-17-30(24-28)41-44-39(26-12-5-3-6-13-26)43-40(45-41)27-14-7-4-8-15-27/h3-25H,1-2H3. The van der Waals surface area contributed by atoms with Crippen LogP contribution in [0, 0.1) is 0 Å². The van der Waals surface area contributed by atoms with Gasteiger partial charge in [-0.15, -0.1) is 0 Å². The monoisotopic (exact) mass is 591 g/mol. The highest BCUT2D eigenvalue weighted by Gasteiger charge is 2.37. The number of furan rings is 1. The molecule has 0 bridgehead atoms. The molecule has 0 spiro atoms. The highest BCUT2D eigenvalue weighted by atomic mass is 16.3. The van der Waals surface area contributed by atoms with Crippen molar-refractivity contribution in [1.82, 2.24) is 15.0 Å². The molecule has 0 unspecified atom stereocenters. The van der Waals surface area contributed by atoms with E-state index in [2.05, 4.69) is 86.6 Å². The molecule has 0 saturated heterocycles. The Balaban J connectivity index is 1.19. The van der Waals surface area contributed by atoms with Crippen molar-refractivity contribution in [3.63, 3.8) is 0 Å². The van der Waals surface area contributed by atoms with Crippen molar-refractivity contribution in [2.45, 2.75) is 19.3 Å². The molecule has 0 saturated carbocycles. The third-order valence-corrected chi connectivity index (χ3v) is 9.34. The lowest BCUT2D eigenvalue weighted by Gasteiger charge is -2.21. The van der Waals surface area contributed by atoms with Crippen LogP contribution >= 0.6 is 0 Å². The summed E-state index contributed by atoms with van der Waals surface area (Å²) in [6.07, 6.45) is 0. The van der Waals surface area contributed by atoms with Crippen LogP contribution in [0.1, 0.15) is 25.0 Å². The fraction of sp³-hybridized carbons (Fsp3) is 0.0714. The number of benzene rings is 6. The zero-order chi connectivity index (χ0) is 30.8. The lowest BCUT2D eigenvalue weighted by molar-refractivity contribution is 0.653. The highest BCUT2D eigenvalue weighted by Crippen LogP contribution is 2.53. The number of nitrogens with zero attached hydrogens (tertiary/aromatic N) is 3. The van der Waals surface area contributed by atoms with E-state index in [-0.39, 0.29) is 5.41 Å². The lowest BCUT2D eigenvalue weighted by Crippen LogP contribution is -2.14. The summed E-state index contributed by atoms with van der Waals surface area (Å²) < 4.78 is 6.54. The number of hydrogen-bond acceptors (Lipinski definition) is 4. The second-order valence-corrected chi connectivity index (χ2v) is 12.5. The van der Waals surface area contributed by atoms with E-state index in [0.717, 1.165) is 49.8 Å². The van der Waals surface area contributed by atoms with Gasteiger partial charge >= 0.3 is 0 Å². The summed E-state index contributed by atoms with van der Waals surface area (Å²) in [5.41, 5.74) is 11.9. The predicted octanol–water partition coefficient (Wildman–Crippen LogP) is 10.7. The van der Waals surface area contributed by atoms with Crippen LogP contribution in [-0.2, 0) is 5.41 Å². The number of rotatable bonds is 4. The Labute approximate surface area is 267 Å². The third kappa shape index (κ3) is 4.11. The Bertz CT molecular complexity index is 2380. The van der Waals surface area contributed by atoms with Crippen LogP contribution in [0.2, 0.25) is 0 Å². The van der Waals surface area contributed by atoms with Crippen molar-refractivity contribution in [2.75, 3.05) is 0 Å². The summed E-state index contributed by atoms with van der Waals surface area (Å²) in [6, 6.07) is 48.3. The van der Waals surface area contributed by atoms with Crippen LogP contribution in [0.5, 0.6) is 0 Å². The molecule has 0 atom stereocenters. The Morgan fingerprint density at radius 3 is 1.74 bits per heavy atom. The molecule has 1 aliphatic carbocycles. The van der Waals surface area contributed by atoms with Gasteiger partial charge in [0.05, 0.1) is 0 Å². The fourth-order valence-electron chi connectivity index (χ4n) is 6.97. The minimum Gasteiger partial charge on any atom is -0.455 e. The molecule has 9 rings (SSSR count). The minimum atomic E-state index is -0.134. The number of fused-ring (bicyclic) bond motifs is 7. The lowest BCUT2D eigenvalue weighted by atomic mass is 9.82. The normalized spacial score (nSPS) is 13.2. The van der Waals surface area contributed by atoms with Gasteiger partial charge in [-0.3, -0.25) is 0 Å². The largest absolute Gasteiger partial charge is 0.455 e. The van der Waals surface area contributed by atoms with Crippen LogP contribution in [0.15, 0.2) is 144 Å². The molecule has 0 radical (unpaired) electrons. The van der Waals surface area contributed by atoms with Crippen LogP contribution in [0.4, 0.5) is 0 Å². The van der Waals surface area contributed by atoms with Gasteiger partial charge in [-0.2, -0.15) is 0 Å². The van der Waals surface area contributed by atoms with Crippen LogP contribution in [0.25, 0.3) is 78.4 Å². The highest BCUT2D eigenvalue weighted by molar-refractivity contribution is 6.12. The number of para-hydroxylation sites is 1. The van der Waals surface area contributed by atoms with E-state index < -0.39 is 0 Å². The summed E-state index contributed by atoms with van der Waals surface area (Å²) >= 11 is 0. The molecule has 4 heteroatoms. The molecule has 1 aliphatic rings. The summed E-state index contributed by atoms with van der Waals surface area (Å²) in [7, 11) is 0. The summed E-state index contributed by atoms with van der Waals surface area (Å²) in [5, 5.41) is 2.31. The van der Waals surface area contributed by atoms with Gasteiger partial charge in [0.1, 0.15) is 11.2 Å². The SMILES string of the molecule is CC1(C)c2ccc(-c3cccc(-c4nc(-c5ccccc5)nc(-c5ccccc5)n4)c3)cc2-c2c1ccc1c2oc2ccccc21. The first kappa shape index (κ1) is 26.5. The molecular formula is C42H29N3O. The van der Waals surface area contributed by atoms with E-state index in [4.69, 9.17) is 19.4 Å². The Hall–Kier alpha value is -5.87. The second kappa shape index (κ2) is 10.1. The summed E-state index contributed by atoms with van der Waals surface area (Å²) in [6.45, 7) is 4.61. The van der Waals surface area contributed by atoms with Crippen molar-refractivity contribution in [2.24, 2.45) is 0 Å². The first-order chi connectivity index (χ1) is 22.5. The van der Waals surface area contributed by atoms with E-state index in [1.54, 1.807) is 0 Å². The van der Waals surface area contributed by atoms with Gasteiger partial charge in [0.2, 0.25) is 0 Å². The molecule has 8 aromatic rings. The second-order valence-electron chi connectivity index (χ2n) is 12.5. The van der Waals surface area contributed by atoms with Crippen molar-refractivity contribution in [3.05, 3.63) is 151 Å². The summed E-state index contributed by atoms with van der Waals surface area (Å²) in [5.74, 6) is 1.95. The predicted molar refractivity (Wildman–Crippen MR) is 186 cm³/mol. The molecule has 4 nitrogen and oxygen atoms in total. The van der Waals surface area contributed by atoms with Gasteiger partial charge < -0.3 is 4.42 Å². The van der Waals surface area contributed by atoms with Gasteiger partial charge in [0.25, 0.3) is 0 Å². The van der Waals surface area contributed by atoms with Crippen LogP contribution in [0.3, 0.4) is 0 Å². The van der Waals surface area contributed by atoms with E-state index in [1.807, 2.05) is 66.7 Å². The number of aromatic nitrogens is 3. The van der Waals surface area contributed by atoms with Crippen molar-refractivity contribution in [1.29, 1.82) is 0 Å². The molecule has 46 heavy (non-hydrogen) atoms. The third-order valence-electron chi connectivity index (χ3n) is 9.34. The van der Waals surface area contributed by atoms with Crippen molar-refractivity contribution < 1.29 is 4.42 Å². The van der Waals surface area contributed by atoms with Gasteiger partial charge in [-0.25, -0.2) is 15.0 Å². The summed E-state index contributed by atoms with van der Waals surface area (Å²) in [4.78, 5) is 14.8. The smallest absolute Gasteiger partial charge is 0.164 e. The molecule has 2 aromatic heterocycles. The van der Waals surface area contributed by atoms with E-state index in [0.29, 0.717) is 17.5 Å². The molecule has 0 fully saturated rings. The Morgan fingerprint density at radius 2 is 1.02 bits per heavy atom. The zero-order valence-corrected chi connectivity index (χ0v) is 25.5. The van der Waals surface area contributed by atoms with Gasteiger partial charge in [0, 0.05) is 38.4 Å². The van der Waals surface area contributed by atoms with E-state index in [9.17, 15) is 0 Å². The zero-order valence-electron chi connectivity index (χ0n) is 25.5. The number of hydrogen-bond donors (Lipinski definition) is 0. The molecular weight excluding hydrogens is 562 g/mol. The van der Waals surface area contributed by atoms with E-state index in [1.165, 1.54) is 22.3 Å². The van der Waals surface area contributed by atoms with Crippen molar-refractivity contribution in [3.8, 4) is 56.4 Å². The Morgan fingerprint density at radius 1 is 0.457 bits per heavy atom. The average Bonchev–Trinajstić information content (AvgIpc) is 3.61. The molecule has 0 aliphatic heterocycles. The van der Waals surface area contributed by atoms with Gasteiger partial charge in [0.15, 0.2) is 17.5 Å². The first-order valence-electron chi connectivity index (χ1n) is 15.6. The topological polar surface area (TPSA) is 51.8 Å². The van der Waals surface area contributed by atoms with Gasteiger partial charge in [-0.1, -0.05) is 135 Å². The molecule has 218 valence electrons. The molecule has 6 aromatic carbocycles.